The highest BCUT2D eigenvalue weighted by Gasteiger charge is 2.15. The van der Waals surface area contributed by atoms with Crippen LogP contribution in [0.2, 0.25) is 0 Å². The summed E-state index contributed by atoms with van der Waals surface area (Å²) in [5.74, 6) is -0.806. The highest BCUT2D eigenvalue weighted by molar-refractivity contribution is 5.80. The first-order chi connectivity index (χ1) is 3.55. The third kappa shape index (κ3) is 1.88. The molecular formula is C4H9FN2O. The Hall–Kier alpha value is -0.640. The van der Waals surface area contributed by atoms with Crippen molar-refractivity contribution in [2.75, 3.05) is 0 Å². The molecule has 1 amide bonds. The molecular weight excluding hydrogens is 111 g/mol. The lowest BCUT2D eigenvalue weighted by atomic mass is 10.2. The van der Waals surface area contributed by atoms with Crippen molar-refractivity contribution >= 4 is 5.91 Å². The summed E-state index contributed by atoms with van der Waals surface area (Å²) in [5, 5.41) is 0. The average molecular weight is 120 g/mol. The average Bonchev–Trinajstić information content (AvgIpc) is 1.64. The molecule has 0 aromatic heterocycles. The van der Waals surface area contributed by atoms with E-state index in [0.29, 0.717) is 0 Å². The van der Waals surface area contributed by atoms with Crippen molar-refractivity contribution in [3.05, 3.63) is 0 Å². The highest BCUT2D eigenvalue weighted by atomic mass is 19.1. The minimum atomic E-state index is -1.35. The zero-order valence-electron chi connectivity index (χ0n) is 4.60. The van der Waals surface area contributed by atoms with E-state index >= 15 is 0 Å². The van der Waals surface area contributed by atoms with Crippen molar-refractivity contribution < 1.29 is 9.18 Å². The lowest BCUT2D eigenvalue weighted by molar-refractivity contribution is -0.120. The third-order valence-corrected chi connectivity index (χ3v) is 0.823. The number of carbonyl (C=O) groups is 1. The molecule has 0 spiro atoms. The van der Waals surface area contributed by atoms with Crippen LogP contribution in [0.25, 0.3) is 0 Å². The van der Waals surface area contributed by atoms with E-state index in [0.717, 1.165) is 0 Å². The molecule has 0 saturated heterocycles. The smallest absolute Gasteiger partial charge is 0.237 e. The molecule has 0 heterocycles. The van der Waals surface area contributed by atoms with Crippen LogP contribution in [0.15, 0.2) is 0 Å². The second-order valence-corrected chi connectivity index (χ2v) is 1.61. The molecule has 0 aromatic rings. The maximum absolute atomic E-state index is 11.9. The largest absolute Gasteiger partial charge is 0.368 e. The van der Waals surface area contributed by atoms with Gasteiger partial charge in [0.25, 0.3) is 0 Å². The molecule has 4 N–H and O–H groups in total. The first-order valence-electron chi connectivity index (χ1n) is 2.24. The van der Waals surface area contributed by atoms with Gasteiger partial charge >= 0.3 is 0 Å². The third-order valence-electron chi connectivity index (χ3n) is 0.823. The molecule has 0 aromatic carbocycles. The Morgan fingerprint density at radius 2 is 2.12 bits per heavy atom. The minimum absolute atomic E-state index is 0.806. The first-order valence-corrected chi connectivity index (χ1v) is 2.24. The van der Waals surface area contributed by atoms with Crippen LogP contribution in [0.4, 0.5) is 4.39 Å². The lowest BCUT2D eigenvalue weighted by Gasteiger charge is -2.05. The molecule has 0 saturated carbocycles. The molecule has 0 aliphatic rings. The van der Waals surface area contributed by atoms with Gasteiger partial charge in [-0.2, -0.15) is 0 Å². The zero-order chi connectivity index (χ0) is 6.73. The monoisotopic (exact) mass is 120 g/mol. The number of nitrogens with two attached hydrogens (primary N) is 2. The summed E-state index contributed by atoms with van der Waals surface area (Å²) in [6.07, 6.45) is -1.35. The quantitative estimate of drug-likeness (QED) is 0.498. The maximum Gasteiger partial charge on any atom is 0.237 e. The number of primary amides is 1. The van der Waals surface area contributed by atoms with Crippen LogP contribution in [0.5, 0.6) is 0 Å². The van der Waals surface area contributed by atoms with Crippen molar-refractivity contribution in [2.24, 2.45) is 11.5 Å². The van der Waals surface area contributed by atoms with Gasteiger partial charge in [0.15, 0.2) is 0 Å². The van der Waals surface area contributed by atoms with Crippen LogP contribution in [-0.4, -0.2) is 18.1 Å². The predicted octanol–water partition coefficient (Wildman–Crippen LogP) is -0.843. The van der Waals surface area contributed by atoms with Crippen LogP contribution in [0, 0.1) is 0 Å². The van der Waals surface area contributed by atoms with Crippen LogP contribution in [0.1, 0.15) is 6.92 Å². The topological polar surface area (TPSA) is 69.1 Å². The van der Waals surface area contributed by atoms with Crippen molar-refractivity contribution in [2.45, 2.75) is 19.1 Å². The molecule has 0 radical (unpaired) electrons. The fourth-order valence-electron chi connectivity index (χ4n) is 0.226. The minimum Gasteiger partial charge on any atom is -0.368 e. The molecule has 2 unspecified atom stereocenters. The van der Waals surface area contributed by atoms with Gasteiger partial charge in [-0.1, -0.05) is 0 Å². The van der Waals surface area contributed by atoms with Gasteiger partial charge in [-0.25, -0.2) is 4.39 Å². The Bertz CT molecular complexity index is 94.0. The molecule has 0 rings (SSSR count). The Kier molecular flexibility index (Phi) is 2.41. The number of carbonyl (C=O) groups excluding carboxylic acids is 1. The van der Waals surface area contributed by atoms with E-state index in [1.165, 1.54) is 6.92 Å². The van der Waals surface area contributed by atoms with E-state index in [1.54, 1.807) is 0 Å². The first kappa shape index (κ1) is 7.36. The summed E-state index contributed by atoms with van der Waals surface area (Å²) in [4.78, 5) is 10.00. The molecule has 2 atom stereocenters. The van der Waals surface area contributed by atoms with Crippen LogP contribution < -0.4 is 11.5 Å². The summed E-state index contributed by atoms with van der Waals surface area (Å²) in [5.41, 5.74) is 9.54. The maximum atomic E-state index is 11.9. The Balaban J connectivity index is 3.64. The van der Waals surface area contributed by atoms with E-state index in [1.807, 2.05) is 0 Å². The second kappa shape index (κ2) is 2.61. The van der Waals surface area contributed by atoms with Crippen LogP contribution in [-0.2, 0) is 4.79 Å². The summed E-state index contributed by atoms with van der Waals surface area (Å²) in [6, 6.07) is -1.16. The predicted molar refractivity (Wildman–Crippen MR) is 27.7 cm³/mol. The molecule has 48 valence electrons. The number of halogens is 1. The number of rotatable bonds is 2. The SMILES string of the molecule is CC(F)C(N)C(N)=O. The zero-order valence-corrected chi connectivity index (χ0v) is 4.60. The number of hydrogen-bond acceptors (Lipinski definition) is 2. The molecule has 0 fully saturated rings. The van der Waals surface area contributed by atoms with Gasteiger partial charge in [-0.3, -0.25) is 4.79 Å². The fraction of sp³-hybridized carbons (Fsp3) is 0.750. The Morgan fingerprint density at radius 3 is 2.12 bits per heavy atom. The molecule has 3 nitrogen and oxygen atoms in total. The standard InChI is InChI=1S/C4H9FN2O/c1-2(5)3(6)4(7)8/h2-3H,6H2,1H3,(H2,7,8). The van der Waals surface area contributed by atoms with Gasteiger partial charge in [0, 0.05) is 0 Å². The van der Waals surface area contributed by atoms with Crippen molar-refractivity contribution in [3.8, 4) is 0 Å². The second-order valence-electron chi connectivity index (χ2n) is 1.61. The Morgan fingerprint density at radius 1 is 1.75 bits per heavy atom. The normalized spacial score (nSPS) is 17.4. The summed E-state index contributed by atoms with van der Waals surface area (Å²) in [6.45, 7) is 1.19. The Labute approximate surface area is 46.8 Å². The number of alkyl halides is 1. The summed E-state index contributed by atoms with van der Waals surface area (Å²) < 4.78 is 11.9. The van der Waals surface area contributed by atoms with Gasteiger partial charge in [-0.15, -0.1) is 0 Å². The van der Waals surface area contributed by atoms with Gasteiger partial charge in [0.2, 0.25) is 5.91 Å². The van der Waals surface area contributed by atoms with Crippen molar-refractivity contribution in [3.63, 3.8) is 0 Å². The van der Waals surface area contributed by atoms with Gasteiger partial charge in [0.1, 0.15) is 12.2 Å². The van der Waals surface area contributed by atoms with E-state index in [4.69, 9.17) is 5.73 Å². The van der Waals surface area contributed by atoms with Crippen molar-refractivity contribution in [1.29, 1.82) is 0 Å². The summed E-state index contributed by atoms with van der Waals surface area (Å²) in [7, 11) is 0. The van der Waals surface area contributed by atoms with Gasteiger partial charge in [0.05, 0.1) is 0 Å². The van der Waals surface area contributed by atoms with Crippen LogP contribution in [0.3, 0.4) is 0 Å². The van der Waals surface area contributed by atoms with E-state index in [9.17, 15) is 9.18 Å². The number of amides is 1. The molecule has 0 aliphatic carbocycles. The van der Waals surface area contributed by atoms with Crippen molar-refractivity contribution in [1.82, 2.24) is 0 Å². The number of hydrogen-bond donors (Lipinski definition) is 2. The molecule has 0 bridgehead atoms. The molecule has 8 heavy (non-hydrogen) atoms. The van der Waals surface area contributed by atoms with E-state index in [2.05, 4.69) is 5.73 Å². The van der Waals surface area contributed by atoms with Crippen LogP contribution >= 0.6 is 0 Å². The molecule has 4 heteroatoms. The van der Waals surface area contributed by atoms with E-state index < -0.39 is 18.1 Å². The summed E-state index contributed by atoms with van der Waals surface area (Å²) >= 11 is 0. The lowest BCUT2D eigenvalue weighted by Crippen LogP contribution is -2.42. The fourth-order valence-corrected chi connectivity index (χ4v) is 0.226. The highest BCUT2D eigenvalue weighted by Crippen LogP contribution is 1.91. The van der Waals surface area contributed by atoms with Gasteiger partial charge in [-0.05, 0) is 6.92 Å². The van der Waals surface area contributed by atoms with Gasteiger partial charge < -0.3 is 11.5 Å². The molecule has 0 aliphatic heterocycles. The van der Waals surface area contributed by atoms with E-state index in [-0.39, 0.29) is 0 Å².